The standard InChI is InChI=1S/C14H25NO2S/c1-15-14(13-6-4-2-3-5-7-13)10-12-8-9-18(16,17)11-12/h6,12,14-15H,2-5,7-11H2,1H3. The molecular formula is C14H25NO2S. The predicted octanol–water partition coefficient (Wildman–Crippen LogP) is 2.29. The Morgan fingerprint density at radius 2 is 2.22 bits per heavy atom. The maximum atomic E-state index is 11.5. The molecule has 1 aliphatic heterocycles. The van der Waals surface area contributed by atoms with Gasteiger partial charge in [0.2, 0.25) is 0 Å². The third-order valence-corrected chi connectivity index (χ3v) is 6.10. The molecule has 0 amide bonds. The van der Waals surface area contributed by atoms with Crippen LogP contribution in [0, 0.1) is 5.92 Å². The van der Waals surface area contributed by atoms with Crippen LogP contribution in [-0.4, -0.2) is 33.0 Å². The van der Waals surface area contributed by atoms with Gasteiger partial charge in [0.25, 0.3) is 0 Å². The summed E-state index contributed by atoms with van der Waals surface area (Å²) in [6.45, 7) is 0. The van der Waals surface area contributed by atoms with Crippen LogP contribution in [0.15, 0.2) is 11.6 Å². The molecule has 2 aliphatic rings. The van der Waals surface area contributed by atoms with Gasteiger partial charge in [-0.3, -0.25) is 0 Å². The summed E-state index contributed by atoms with van der Waals surface area (Å²) >= 11 is 0. The molecule has 4 heteroatoms. The molecule has 2 atom stereocenters. The molecule has 3 nitrogen and oxygen atoms in total. The average molecular weight is 271 g/mol. The van der Waals surface area contributed by atoms with Gasteiger partial charge >= 0.3 is 0 Å². The molecule has 0 aromatic heterocycles. The fourth-order valence-corrected chi connectivity index (χ4v) is 5.08. The number of likely N-dealkylation sites (N-methyl/N-ethyl adjacent to an activating group) is 1. The number of allylic oxidation sites excluding steroid dienone is 1. The van der Waals surface area contributed by atoms with Crippen LogP contribution in [0.1, 0.15) is 44.9 Å². The Labute approximate surface area is 111 Å². The lowest BCUT2D eigenvalue weighted by Crippen LogP contribution is -2.30. The summed E-state index contributed by atoms with van der Waals surface area (Å²) in [5.74, 6) is 1.16. The summed E-state index contributed by atoms with van der Waals surface area (Å²) in [7, 11) is -0.735. The van der Waals surface area contributed by atoms with Crippen molar-refractivity contribution in [3.05, 3.63) is 11.6 Å². The molecule has 1 heterocycles. The lowest BCUT2D eigenvalue weighted by molar-refractivity contribution is 0.453. The maximum absolute atomic E-state index is 11.5. The van der Waals surface area contributed by atoms with Gasteiger partial charge in [-0.2, -0.15) is 0 Å². The molecule has 1 saturated heterocycles. The topological polar surface area (TPSA) is 46.2 Å². The van der Waals surface area contributed by atoms with E-state index in [1.165, 1.54) is 37.7 Å². The second kappa shape index (κ2) is 6.20. The Hall–Kier alpha value is -0.350. The zero-order valence-electron chi connectivity index (χ0n) is 11.3. The minimum absolute atomic E-state index is 0.358. The van der Waals surface area contributed by atoms with E-state index in [4.69, 9.17) is 0 Å². The van der Waals surface area contributed by atoms with Gasteiger partial charge in [0, 0.05) is 6.04 Å². The van der Waals surface area contributed by atoms with Gasteiger partial charge in [0.15, 0.2) is 9.84 Å². The number of hydrogen-bond donors (Lipinski definition) is 1. The van der Waals surface area contributed by atoms with E-state index >= 15 is 0 Å². The highest BCUT2D eigenvalue weighted by molar-refractivity contribution is 7.91. The van der Waals surface area contributed by atoms with Crippen molar-refractivity contribution in [1.29, 1.82) is 0 Å². The number of nitrogens with one attached hydrogen (secondary N) is 1. The monoisotopic (exact) mass is 271 g/mol. The molecule has 0 bridgehead atoms. The van der Waals surface area contributed by atoms with E-state index in [2.05, 4.69) is 11.4 Å². The highest BCUT2D eigenvalue weighted by atomic mass is 32.2. The van der Waals surface area contributed by atoms with Crippen molar-refractivity contribution < 1.29 is 8.42 Å². The van der Waals surface area contributed by atoms with Crippen molar-refractivity contribution in [3.63, 3.8) is 0 Å². The Balaban J connectivity index is 1.94. The van der Waals surface area contributed by atoms with Gasteiger partial charge in [0.05, 0.1) is 11.5 Å². The highest BCUT2D eigenvalue weighted by Crippen LogP contribution is 2.28. The molecule has 104 valence electrons. The zero-order valence-corrected chi connectivity index (χ0v) is 12.1. The van der Waals surface area contributed by atoms with E-state index in [0.717, 1.165) is 12.8 Å². The largest absolute Gasteiger partial charge is 0.313 e. The zero-order chi connectivity index (χ0) is 13.0. The molecule has 1 fully saturated rings. The second-order valence-corrected chi connectivity index (χ2v) is 7.95. The predicted molar refractivity (Wildman–Crippen MR) is 75.4 cm³/mol. The first-order chi connectivity index (χ1) is 8.61. The van der Waals surface area contributed by atoms with Crippen LogP contribution in [0.2, 0.25) is 0 Å². The summed E-state index contributed by atoms with van der Waals surface area (Å²) in [6.07, 6.45) is 10.5. The molecule has 0 saturated carbocycles. The van der Waals surface area contributed by atoms with Crippen molar-refractivity contribution in [3.8, 4) is 0 Å². The smallest absolute Gasteiger partial charge is 0.150 e. The van der Waals surface area contributed by atoms with E-state index in [1.807, 2.05) is 7.05 Å². The Kier molecular flexibility index (Phi) is 4.84. The maximum Gasteiger partial charge on any atom is 0.150 e. The summed E-state index contributed by atoms with van der Waals surface area (Å²) in [5.41, 5.74) is 1.51. The summed E-state index contributed by atoms with van der Waals surface area (Å²) in [6, 6.07) is 0.390. The highest BCUT2D eigenvalue weighted by Gasteiger charge is 2.30. The van der Waals surface area contributed by atoms with E-state index < -0.39 is 9.84 Å². The number of rotatable bonds is 4. The van der Waals surface area contributed by atoms with Crippen LogP contribution in [-0.2, 0) is 9.84 Å². The molecule has 0 aromatic carbocycles. The first-order valence-electron chi connectivity index (χ1n) is 7.17. The second-order valence-electron chi connectivity index (χ2n) is 5.72. The SMILES string of the molecule is CNC(CC1CCS(=O)(=O)C1)C1=CCCCCC1. The average Bonchev–Trinajstić information content (AvgIpc) is 2.57. The third-order valence-electron chi connectivity index (χ3n) is 4.27. The molecule has 0 radical (unpaired) electrons. The molecule has 0 aromatic rings. The van der Waals surface area contributed by atoms with Gasteiger partial charge in [0.1, 0.15) is 0 Å². The molecule has 1 aliphatic carbocycles. The summed E-state index contributed by atoms with van der Waals surface area (Å²) < 4.78 is 23.0. The first kappa shape index (κ1) is 14.1. The van der Waals surface area contributed by atoms with Crippen molar-refractivity contribution >= 4 is 9.84 Å². The van der Waals surface area contributed by atoms with Crippen LogP contribution in [0.25, 0.3) is 0 Å². The normalized spacial score (nSPS) is 29.6. The minimum atomic E-state index is -2.73. The van der Waals surface area contributed by atoms with E-state index in [9.17, 15) is 8.42 Å². The van der Waals surface area contributed by atoms with Gasteiger partial charge in [-0.25, -0.2) is 8.42 Å². The van der Waals surface area contributed by atoms with Crippen LogP contribution in [0.4, 0.5) is 0 Å². The molecule has 0 spiro atoms. The van der Waals surface area contributed by atoms with Crippen LogP contribution >= 0.6 is 0 Å². The van der Waals surface area contributed by atoms with Crippen molar-refractivity contribution in [2.75, 3.05) is 18.6 Å². The van der Waals surface area contributed by atoms with E-state index in [-0.39, 0.29) is 0 Å². The van der Waals surface area contributed by atoms with Gasteiger partial charge < -0.3 is 5.32 Å². The van der Waals surface area contributed by atoms with Crippen molar-refractivity contribution in [2.45, 2.75) is 51.0 Å². The lowest BCUT2D eigenvalue weighted by atomic mass is 9.92. The first-order valence-corrected chi connectivity index (χ1v) is 8.99. The van der Waals surface area contributed by atoms with Crippen LogP contribution in [0.3, 0.4) is 0 Å². The van der Waals surface area contributed by atoms with Gasteiger partial charge in [-0.1, -0.05) is 18.1 Å². The fraction of sp³-hybridized carbons (Fsp3) is 0.857. The summed E-state index contributed by atoms with van der Waals surface area (Å²) in [5, 5.41) is 3.39. The van der Waals surface area contributed by atoms with Crippen molar-refractivity contribution in [2.24, 2.45) is 5.92 Å². The molecule has 2 unspecified atom stereocenters. The molecule has 18 heavy (non-hydrogen) atoms. The Morgan fingerprint density at radius 3 is 2.89 bits per heavy atom. The van der Waals surface area contributed by atoms with Crippen molar-refractivity contribution in [1.82, 2.24) is 5.32 Å². The fourth-order valence-electron chi connectivity index (χ4n) is 3.20. The van der Waals surface area contributed by atoms with Gasteiger partial charge in [-0.15, -0.1) is 0 Å². The number of hydrogen-bond acceptors (Lipinski definition) is 3. The minimum Gasteiger partial charge on any atom is -0.313 e. The van der Waals surface area contributed by atoms with E-state index in [0.29, 0.717) is 23.5 Å². The summed E-state index contributed by atoms with van der Waals surface area (Å²) in [4.78, 5) is 0. The quantitative estimate of drug-likeness (QED) is 0.798. The van der Waals surface area contributed by atoms with Crippen LogP contribution < -0.4 is 5.32 Å². The molecule has 2 rings (SSSR count). The number of sulfone groups is 1. The lowest BCUT2D eigenvalue weighted by Gasteiger charge is -2.22. The Bertz CT molecular complexity index is 400. The van der Waals surface area contributed by atoms with Crippen LogP contribution in [0.5, 0.6) is 0 Å². The molecule has 1 N–H and O–H groups in total. The van der Waals surface area contributed by atoms with Gasteiger partial charge in [-0.05, 0) is 51.5 Å². The van der Waals surface area contributed by atoms with E-state index in [1.54, 1.807) is 0 Å². The molecular weight excluding hydrogens is 246 g/mol. The third kappa shape index (κ3) is 3.82. The Morgan fingerprint density at radius 1 is 1.39 bits per heavy atom.